The number of furan rings is 1. The van der Waals surface area contributed by atoms with E-state index in [4.69, 9.17) is 20.8 Å². The predicted molar refractivity (Wildman–Crippen MR) is 124 cm³/mol. The van der Waals surface area contributed by atoms with Crippen LogP contribution in [0.4, 0.5) is 11.5 Å². The van der Waals surface area contributed by atoms with Crippen molar-refractivity contribution in [2.45, 2.75) is 12.8 Å². The third kappa shape index (κ3) is 4.51. The van der Waals surface area contributed by atoms with Crippen LogP contribution in [0.2, 0.25) is 5.15 Å². The van der Waals surface area contributed by atoms with Gasteiger partial charge in [-0.1, -0.05) is 23.7 Å². The lowest BCUT2D eigenvalue weighted by atomic mass is 9.95. The number of nitrogens with zero attached hydrogens (tertiary/aromatic N) is 4. The molecule has 5 rings (SSSR count). The molecule has 9 nitrogen and oxygen atoms in total. The van der Waals surface area contributed by atoms with Crippen molar-refractivity contribution in [3.05, 3.63) is 47.3 Å². The topological polar surface area (TPSA) is 101 Å². The number of morpholine rings is 1. The minimum atomic E-state index is -0.235. The molecule has 0 unspecified atom stereocenters. The van der Waals surface area contributed by atoms with Crippen LogP contribution in [0.1, 0.15) is 23.4 Å². The molecule has 2 aliphatic rings. The highest BCUT2D eigenvalue weighted by Gasteiger charge is 2.31. The van der Waals surface area contributed by atoms with Gasteiger partial charge in [-0.2, -0.15) is 0 Å². The first-order valence-corrected chi connectivity index (χ1v) is 11.4. The molecule has 2 aromatic heterocycles. The van der Waals surface area contributed by atoms with Crippen molar-refractivity contribution in [3.63, 3.8) is 0 Å². The Morgan fingerprint density at radius 1 is 1.00 bits per heavy atom. The van der Waals surface area contributed by atoms with Gasteiger partial charge < -0.3 is 24.3 Å². The largest absolute Gasteiger partial charge is 0.449 e. The Balaban J connectivity index is 1.32. The van der Waals surface area contributed by atoms with Gasteiger partial charge in [0.05, 0.1) is 13.2 Å². The van der Waals surface area contributed by atoms with E-state index in [1.807, 2.05) is 24.3 Å². The molecule has 10 heteroatoms. The molecular weight excluding hydrogens is 446 g/mol. The number of hydrogen-bond donors (Lipinski definition) is 1. The molecule has 2 amide bonds. The standard InChI is InChI=1S/C23H24ClN5O4/c24-18-5-6-19(27-26-18)28-9-7-15(8-10-28)22(30)25-20-16-3-1-2-4-17(16)33-21(20)23(31)29-11-13-32-14-12-29/h1-6,15H,7-14H2,(H,25,30). The number of halogens is 1. The van der Waals surface area contributed by atoms with Crippen LogP contribution in [0.5, 0.6) is 0 Å². The summed E-state index contributed by atoms with van der Waals surface area (Å²) in [6.45, 7) is 3.33. The van der Waals surface area contributed by atoms with E-state index in [2.05, 4.69) is 20.4 Å². The van der Waals surface area contributed by atoms with E-state index < -0.39 is 0 Å². The fourth-order valence-corrected chi connectivity index (χ4v) is 4.40. The van der Waals surface area contributed by atoms with Crippen LogP contribution in [0.3, 0.4) is 0 Å². The molecule has 2 fully saturated rings. The Morgan fingerprint density at radius 2 is 1.76 bits per heavy atom. The Hall–Kier alpha value is -3.17. The smallest absolute Gasteiger partial charge is 0.291 e. The van der Waals surface area contributed by atoms with Crippen molar-refractivity contribution in [1.82, 2.24) is 15.1 Å². The van der Waals surface area contributed by atoms with Crippen molar-refractivity contribution in [1.29, 1.82) is 0 Å². The number of amides is 2. The zero-order valence-corrected chi connectivity index (χ0v) is 18.8. The Morgan fingerprint density at radius 3 is 2.48 bits per heavy atom. The van der Waals surface area contributed by atoms with Crippen LogP contribution < -0.4 is 10.2 Å². The van der Waals surface area contributed by atoms with E-state index in [1.54, 1.807) is 17.0 Å². The lowest BCUT2D eigenvalue weighted by Crippen LogP contribution is -2.41. The van der Waals surface area contributed by atoms with Crippen molar-refractivity contribution in [2.24, 2.45) is 5.92 Å². The molecular formula is C23H24ClN5O4. The number of ether oxygens (including phenoxy) is 1. The van der Waals surface area contributed by atoms with Gasteiger partial charge in [-0.25, -0.2) is 0 Å². The van der Waals surface area contributed by atoms with Gasteiger partial charge in [-0.05, 0) is 37.1 Å². The Bertz CT molecular complexity index is 1150. The number of carbonyl (C=O) groups is 2. The van der Waals surface area contributed by atoms with Gasteiger partial charge in [-0.15, -0.1) is 10.2 Å². The van der Waals surface area contributed by atoms with Gasteiger partial charge in [0.2, 0.25) is 11.7 Å². The maximum Gasteiger partial charge on any atom is 0.291 e. The number of fused-ring (bicyclic) bond motifs is 1. The summed E-state index contributed by atoms with van der Waals surface area (Å²) in [7, 11) is 0. The Kier molecular flexibility index (Phi) is 6.15. The van der Waals surface area contributed by atoms with E-state index in [9.17, 15) is 9.59 Å². The third-order valence-electron chi connectivity index (χ3n) is 6.14. The second-order valence-electron chi connectivity index (χ2n) is 8.17. The molecule has 0 spiro atoms. The highest BCUT2D eigenvalue weighted by molar-refractivity contribution is 6.29. The molecule has 2 aliphatic heterocycles. The van der Waals surface area contributed by atoms with E-state index in [0.29, 0.717) is 68.7 Å². The number of anilines is 2. The maximum absolute atomic E-state index is 13.2. The van der Waals surface area contributed by atoms with Crippen LogP contribution in [-0.2, 0) is 9.53 Å². The van der Waals surface area contributed by atoms with Crippen LogP contribution in [0.15, 0.2) is 40.8 Å². The van der Waals surface area contributed by atoms with Crippen molar-refractivity contribution < 1.29 is 18.7 Å². The minimum absolute atomic E-state index is 0.112. The lowest BCUT2D eigenvalue weighted by Gasteiger charge is -2.31. The summed E-state index contributed by atoms with van der Waals surface area (Å²) in [6, 6.07) is 10.9. The van der Waals surface area contributed by atoms with Gasteiger partial charge in [0.1, 0.15) is 11.3 Å². The molecule has 0 aliphatic carbocycles. The molecule has 172 valence electrons. The maximum atomic E-state index is 13.2. The summed E-state index contributed by atoms with van der Waals surface area (Å²) >= 11 is 5.82. The number of benzene rings is 1. The normalized spacial score (nSPS) is 17.4. The first-order valence-electron chi connectivity index (χ1n) is 11.0. The Labute approximate surface area is 195 Å². The third-order valence-corrected chi connectivity index (χ3v) is 6.35. The molecule has 33 heavy (non-hydrogen) atoms. The van der Waals surface area contributed by atoms with Gasteiger partial charge in [0.15, 0.2) is 11.0 Å². The average molecular weight is 470 g/mol. The quantitative estimate of drug-likeness (QED) is 0.626. The van der Waals surface area contributed by atoms with Gasteiger partial charge in [0, 0.05) is 37.5 Å². The monoisotopic (exact) mass is 469 g/mol. The van der Waals surface area contributed by atoms with Crippen LogP contribution in [-0.4, -0.2) is 66.3 Å². The highest BCUT2D eigenvalue weighted by atomic mass is 35.5. The highest BCUT2D eigenvalue weighted by Crippen LogP contribution is 2.33. The van der Waals surface area contributed by atoms with Crippen LogP contribution in [0, 0.1) is 5.92 Å². The molecule has 4 heterocycles. The second kappa shape index (κ2) is 9.36. The first kappa shape index (κ1) is 21.7. The number of aromatic nitrogens is 2. The van der Waals surface area contributed by atoms with Gasteiger partial charge in [-0.3, -0.25) is 9.59 Å². The summed E-state index contributed by atoms with van der Waals surface area (Å²) in [5.41, 5.74) is 1.01. The molecule has 2 saturated heterocycles. The van der Waals surface area contributed by atoms with E-state index in [1.165, 1.54) is 0 Å². The SMILES string of the molecule is O=C(Nc1c(C(=O)N2CCOCC2)oc2ccccc12)C1CCN(c2ccc(Cl)nn2)CC1. The summed E-state index contributed by atoms with van der Waals surface area (Å²) in [5, 5.41) is 12.1. The molecule has 0 atom stereocenters. The van der Waals surface area contributed by atoms with Crippen LogP contribution >= 0.6 is 11.6 Å². The summed E-state index contributed by atoms with van der Waals surface area (Å²) < 4.78 is 11.3. The molecule has 0 radical (unpaired) electrons. The van der Waals surface area contributed by atoms with E-state index in [0.717, 1.165) is 11.2 Å². The number of nitrogens with one attached hydrogen (secondary N) is 1. The fourth-order valence-electron chi connectivity index (χ4n) is 4.30. The van der Waals surface area contributed by atoms with Crippen molar-refractivity contribution in [3.8, 4) is 0 Å². The molecule has 1 aromatic carbocycles. The molecule has 0 bridgehead atoms. The second-order valence-corrected chi connectivity index (χ2v) is 8.56. The van der Waals surface area contributed by atoms with E-state index >= 15 is 0 Å². The molecule has 0 saturated carbocycles. The van der Waals surface area contributed by atoms with Gasteiger partial charge >= 0.3 is 0 Å². The van der Waals surface area contributed by atoms with Crippen molar-refractivity contribution in [2.75, 3.05) is 49.6 Å². The summed E-state index contributed by atoms with van der Waals surface area (Å²) in [6.07, 6.45) is 1.33. The minimum Gasteiger partial charge on any atom is -0.449 e. The zero-order valence-electron chi connectivity index (χ0n) is 18.0. The number of hydrogen-bond acceptors (Lipinski definition) is 7. The molecule has 1 N–H and O–H groups in total. The predicted octanol–water partition coefficient (Wildman–Crippen LogP) is 3.20. The number of para-hydroxylation sites is 1. The molecule has 3 aromatic rings. The van der Waals surface area contributed by atoms with Gasteiger partial charge in [0.25, 0.3) is 5.91 Å². The number of rotatable bonds is 4. The number of carbonyl (C=O) groups excluding carboxylic acids is 2. The summed E-state index contributed by atoms with van der Waals surface area (Å²) in [5.74, 6) is 0.389. The van der Waals surface area contributed by atoms with Crippen LogP contribution in [0.25, 0.3) is 11.0 Å². The number of piperidine rings is 1. The van der Waals surface area contributed by atoms with Crippen molar-refractivity contribution >= 4 is 45.9 Å². The average Bonchev–Trinajstić information content (AvgIpc) is 3.23. The summed E-state index contributed by atoms with van der Waals surface area (Å²) in [4.78, 5) is 30.1. The first-order chi connectivity index (χ1) is 16.1. The fraction of sp³-hybridized carbons (Fsp3) is 0.391. The van der Waals surface area contributed by atoms with E-state index in [-0.39, 0.29) is 23.5 Å². The zero-order chi connectivity index (χ0) is 22.8. The lowest BCUT2D eigenvalue weighted by molar-refractivity contribution is -0.120.